The van der Waals surface area contributed by atoms with E-state index >= 15 is 0 Å². The molecule has 0 fully saturated rings. The average molecular weight is 398 g/mol. The smallest absolute Gasteiger partial charge is 0.241 e. The van der Waals surface area contributed by atoms with Gasteiger partial charge in [0.2, 0.25) is 10.0 Å². The van der Waals surface area contributed by atoms with Crippen LogP contribution in [0.5, 0.6) is 5.75 Å². The third-order valence-corrected chi connectivity index (χ3v) is 6.75. The number of hydrogen-bond donors (Lipinski definition) is 1. The Morgan fingerprint density at radius 1 is 1.00 bits per heavy atom. The second-order valence-electron chi connectivity index (χ2n) is 6.01. The van der Waals surface area contributed by atoms with Crippen LogP contribution in [0.2, 0.25) is 0 Å². The molecule has 2 rings (SSSR count). The number of hydrogen-bond acceptors (Lipinski definition) is 5. The van der Waals surface area contributed by atoms with Crippen LogP contribution in [0.1, 0.15) is 31.0 Å². The Bertz CT molecular complexity index is 981. The fourth-order valence-electron chi connectivity index (χ4n) is 2.57. The zero-order valence-corrected chi connectivity index (χ0v) is 16.8. The summed E-state index contributed by atoms with van der Waals surface area (Å²) in [7, 11) is -5.47. The van der Waals surface area contributed by atoms with E-state index in [0.29, 0.717) is 17.7 Å². The number of methoxy groups -OCH3 is 1. The van der Waals surface area contributed by atoms with Crippen LogP contribution in [0, 0.1) is 0 Å². The monoisotopic (exact) mass is 397 g/mol. The second kappa shape index (κ2) is 7.77. The Balaban J connectivity index is 2.26. The number of nitrogens with one attached hydrogen (secondary N) is 1. The number of aryl methyl sites for hydroxylation is 1. The molecular formula is C18H23NO5S2. The standard InChI is InChI=1S/C18H23NO5S2/c1-5-14-12-17(10-11-18(14)24-3)26(22,23)19-13(2)15-6-8-16(9-7-15)25(4,20)21/h6-13,19H,5H2,1-4H3. The fourth-order valence-corrected chi connectivity index (χ4v) is 4.48. The Labute approximate surface area is 155 Å². The molecule has 0 bridgehead atoms. The van der Waals surface area contributed by atoms with Gasteiger partial charge in [-0.15, -0.1) is 0 Å². The summed E-state index contributed by atoms with van der Waals surface area (Å²) in [5.41, 5.74) is 1.48. The summed E-state index contributed by atoms with van der Waals surface area (Å²) in [6.07, 6.45) is 1.78. The quantitative estimate of drug-likeness (QED) is 0.776. The van der Waals surface area contributed by atoms with Gasteiger partial charge in [-0.1, -0.05) is 19.1 Å². The molecule has 0 aliphatic rings. The molecule has 0 saturated heterocycles. The van der Waals surface area contributed by atoms with Crippen LogP contribution >= 0.6 is 0 Å². The van der Waals surface area contributed by atoms with E-state index in [0.717, 1.165) is 11.8 Å². The second-order valence-corrected chi connectivity index (χ2v) is 9.74. The molecule has 0 aromatic heterocycles. The van der Waals surface area contributed by atoms with Crippen molar-refractivity contribution in [2.75, 3.05) is 13.4 Å². The highest BCUT2D eigenvalue weighted by atomic mass is 32.2. The lowest BCUT2D eigenvalue weighted by Gasteiger charge is -2.16. The maximum Gasteiger partial charge on any atom is 0.241 e. The molecule has 0 radical (unpaired) electrons. The van der Waals surface area contributed by atoms with Crippen molar-refractivity contribution in [3.8, 4) is 5.75 Å². The van der Waals surface area contributed by atoms with E-state index in [-0.39, 0.29) is 9.79 Å². The van der Waals surface area contributed by atoms with Crippen LogP contribution in [0.25, 0.3) is 0 Å². The van der Waals surface area contributed by atoms with Crippen molar-refractivity contribution >= 4 is 19.9 Å². The molecule has 0 spiro atoms. The Kier molecular flexibility index (Phi) is 6.10. The van der Waals surface area contributed by atoms with Crippen molar-refractivity contribution in [1.82, 2.24) is 4.72 Å². The summed E-state index contributed by atoms with van der Waals surface area (Å²) in [5, 5.41) is 0. The molecule has 0 aliphatic carbocycles. The summed E-state index contributed by atoms with van der Waals surface area (Å²) in [6.45, 7) is 3.63. The van der Waals surface area contributed by atoms with Crippen LogP contribution in [-0.2, 0) is 26.3 Å². The van der Waals surface area contributed by atoms with Gasteiger partial charge in [-0.3, -0.25) is 0 Å². The van der Waals surface area contributed by atoms with Gasteiger partial charge in [0.15, 0.2) is 9.84 Å². The van der Waals surface area contributed by atoms with Crippen molar-refractivity contribution in [3.05, 3.63) is 53.6 Å². The Morgan fingerprint density at radius 2 is 1.58 bits per heavy atom. The molecule has 8 heteroatoms. The average Bonchev–Trinajstić information content (AvgIpc) is 2.60. The number of ether oxygens (including phenoxy) is 1. The first-order valence-electron chi connectivity index (χ1n) is 8.07. The first-order valence-corrected chi connectivity index (χ1v) is 11.4. The molecule has 1 unspecified atom stereocenters. The Morgan fingerprint density at radius 3 is 2.08 bits per heavy atom. The lowest BCUT2D eigenvalue weighted by atomic mass is 10.1. The molecule has 0 heterocycles. The number of rotatable bonds is 7. The molecule has 2 aromatic carbocycles. The van der Waals surface area contributed by atoms with Gasteiger partial charge < -0.3 is 4.74 Å². The zero-order valence-electron chi connectivity index (χ0n) is 15.2. The minimum atomic E-state index is -3.73. The van der Waals surface area contributed by atoms with Gasteiger partial charge in [-0.2, -0.15) is 0 Å². The summed E-state index contributed by atoms with van der Waals surface area (Å²) in [4.78, 5) is 0.355. The van der Waals surface area contributed by atoms with E-state index in [1.165, 1.54) is 18.2 Å². The number of sulfonamides is 1. The maximum atomic E-state index is 12.7. The van der Waals surface area contributed by atoms with Gasteiger partial charge in [0, 0.05) is 12.3 Å². The van der Waals surface area contributed by atoms with Crippen molar-refractivity contribution in [3.63, 3.8) is 0 Å². The lowest BCUT2D eigenvalue weighted by molar-refractivity contribution is 0.409. The number of sulfone groups is 1. The molecular weight excluding hydrogens is 374 g/mol. The third kappa shape index (κ3) is 4.63. The van der Waals surface area contributed by atoms with Crippen molar-refractivity contribution < 1.29 is 21.6 Å². The van der Waals surface area contributed by atoms with E-state index in [2.05, 4.69) is 4.72 Å². The largest absolute Gasteiger partial charge is 0.496 e. The molecule has 0 amide bonds. The highest BCUT2D eigenvalue weighted by Crippen LogP contribution is 2.24. The highest BCUT2D eigenvalue weighted by Gasteiger charge is 2.20. The molecule has 0 aliphatic heterocycles. The first kappa shape index (κ1) is 20.4. The van der Waals surface area contributed by atoms with Crippen molar-refractivity contribution in [2.45, 2.75) is 36.1 Å². The van der Waals surface area contributed by atoms with Gasteiger partial charge in [-0.05, 0) is 54.8 Å². The zero-order chi connectivity index (χ0) is 19.5. The van der Waals surface area contributed by atoms with Gasteiger partial charge >= 0.3 is 0 Å². The van der Waals surface area contributed by atoms with E-state index in [4.69, 9.17) is 4.74 Å². The predicted molar refractivity (Wildman–Crippen MR) is 101 cm³/mol. The molecule has 2 aromatic rings. The predicted octanol–water partition coefficient (Wildman–Crippen LogP) is 2.70. The summed E-state index contributed by atoms with van der Waals surface area (Å²) in [6, 6.07) is 10.4. The van der Waals surface area contributed by atoms with Crippen molar-refractivity contribution in [1.29, 1.82) is 0 Å². The van der Waals surface area contributed by atoms with E-state index < -0.39 is 25.9 Å². The topological polar surface area (TPSA) is 89.5 Å². The van der Waals surface area contributed by atoms with Crippen LogP contribution in [-0.4, -0.2) is 30.2 Å². The van der Waals surface area contributed by atoms with E-state index in [1.807, 2.05) is 6.92 Å². The fraction of sp³-hybridized carbons (Fsp3) is 0.333. The maximum absolute atomic E-state index is 12.7. The lowest BCUT2D eigenvalue weighted by Crippen LogP contribution is -2.27. The van der Waals surface area contributed by atoms with Gasteiger partial charge in [0.25, 0.3) is 0 Å². The molecule has 0 saturated carbocycles. The SMILES string of the molecule is CCc1cc(S(=O)(=O)NC(C)c2ccc(S(C)(=O)=O)cc2)ccc1OC. The third-order valence-electron chi connectivity index (χ3n) is 4.08. The molecule has 142 valence electrons. The van der Waals surface area contributed by atoms with Gasteiger partial charge in [-0.25, -0.2) is 21.6 Å². The molecule has 6 nitrogen and oxygen atoms in total. The summed E-state index contributed by atoms with van der Waals surface area (Å²) < 4.78 is 56.2. The number of benzene rings is 2. The van der Waals surface area contributed by atoms with Crippen LogP contribution in [0.15, 0.2) is 52.3 Å². The van der Waals surface area contributed by atoms with Gasteiger partial charge in [0.05, 0.1) is 16.9 Å². The minimum Gasteiger partial charge on any atom is -0.496 e. The molecule has 1 N–H and O–H groups in total. The summed E-state index contributed by atoms with van der Waals surface area (Å²) in [5.74, 6) is 0.649. The summed E-state index contributed by atoms with van der Waals surface area (Å²) >= 11 is 0. The normalized spacial score (nSPS) is 13.4. The molecule has 26 heavy (non-hydrogen) atoms. The van der Waals surface area contributed by atoms with E-state index in [1.54, 1.807) is 38.3 Å². The van der Waals surface area contributed by atoms with Crippen LogP contribution in [0.4, 0.5) is 0 Å². The minimum absolute atomic E-state index is 0.162. The van der Waals surface area contributed by atoms with Crippen LogP contribution < -0.4 is 9.46 Å². The van der Waals surface area contributed by atoms with Crippen LogP contribution in [0.3, 0.4) is 0 Å². The highest BCUT2D eigenvalue weighted by molar-refractivity contribution is 7.90. The Hall–Kier alpha value is -1.90. The van der Waals surface area contributed by atoms with Gasteiger partial charge in [0.1, 0.15) is 5.75 Å². The van der Waals surface area contributed by atoms with E-state index in [9.17, 15) is 16.8 Å². The first-order chi connectivity index (χ1) is 12.1. The van der Waals surface area contributed by atoms with Crippen molar-refractivity contribution in [2.24, 2.45) is 0 Å². The molecule has 1 atom stereocenters.